The summed E-state index contributed by atoms with van der Waals surface area (Å²) in [5.74, 6) is -2.33. The number of esters is 1. The summed E-state index contributed by atoms with van der Waals surface area (Å²) in [7, 11) is 0. The van der Waals surface area contributed by atoms with Gasteiger partial charge in [-0.2, -0.15) is 18.4 Å². The summed E-state index contributed by atoms with van der Waals surface area (Å²) in [6, 6.07) is 11.5. The number of nitriles is 1. The van der Waals surface area contributed by atoms with Crippen LogP contribution in [0.1, 0.15) is 21.5 Å². The zero-order valence-electron chi connectivity index (χ0n) is 14.7. The summed E-state index contributed by atoms with van der Waals surface area (Å²) in [6.07, 6.45) is -4.52. The Hall–Kier alpha value is -3.87. The summed E-state index contributed by atoms with van der Waals surface area (Å²) < 4.78 is 42.2. The van der Waals surface area contributed by atoms with E-state index in [1.807, 2.05) is 6.07 Å². The highest BCUT2D eigenvalue weighted by Gasteiger charge is 2.30. The molecule has 2 rings (SSSR count). The maximum Gasteiger partial charge on any atom is 0.416 e. The van der Waals surface area contributed by atoms with Crippen molar-refractivity contribution in [2.75, 3.05) is 18.5 Å². The number of anilines is 1. The number of alkyl halides is 3. The Bertz CT molecular complexity index is 950. The highest BCUT2D eigenvalue weighted by Crippen LogP contribution is 2.29. The average molecular weight is 405 g/mol. The number of hydrogen-bond acceptors (Lipinski definition) is 5. The zero-order chi connectivity index (χ0) is 21.4. The molecule has 0 unspecified atom stereocenters. The molecule has 0 atom stereocenters. The Morgan fingerprint density at radius 2 is 1.76 bits per heavy atom. The monoisotopic (exact) mass is 405 g/mol. The van der Waals surface area contributed by atoms with Gasteiger partial charge in [0.15, 0.2) is 6.61 Å². The topological polar surface area (TPSA) is 108 Å². The summed E-state index contributed by atoms with van der Waals surface area (Å²) in [6.45, 7) is -1.19. The third-order valence-electron chi connectivity index (χ3n) is 3.51. The molecule has 0 aliphatic rings. The van der Waals surface area contributed by atoms with E-state index < -0.39 is 42.7 Å². The third-order valence-corrected chi connectivity index (χ3v) is 3.51. The van der Waals surface area contributed by atoms with Crippen molar-refractivity contribution in [2.45, 2.75) is 6.18 Å². The van der Waals surface area contributed by atoms with Gasteiger partial charge in [-0.25, -0.2) is 0 Å². The van der Waals surface area contributed by atoms with Crippen LogP contribution in [-0.2, 0) is 20.5 Å². The Morgan fingerprint density at radius 1 is 1.07 bits per heavy atom. The highest BCUT2D eigenvalue weighted by molar-refractivity contribution is 5.96. The lowest BCUT2D eigenvalue weighted by molar-refractivity contribution is -0.146. The second-order valence-corrected chi connectivity index (χ2v) is 5.66. The van der Waals surface area contributed by atoms with Gasteiger partial charge in [-0.1, -0.05) is 6.07 Å². The van der Waals surface area contributed by atoms with Crippen molar-refractivity contribution < 1.29 is 32.3 Å². The zero-order valence-corrected chi connectivity index (χ0v) is 14.7. The van der Waals surface area contributed by atoms with E-state index in [-0.39, 0.29) is 5.56 Å². The minimum Gasteiger partial charge on any atom is -0.454 e. The molecule has 0 saturated carbocycles. The summed E-state index contributed by atoms with van der Waals surface area (Å²) in [4.78, 5) is 35.2. The van der Waals surface area contributed by atoms with Gasteiger partial charge in [-0.15, -0.1) is 0 Å². The van der Waals surface area contributed by atoms with E-state index in [0.29, 0.717) is 11.3 Å². The number of nitrogens with zero attached hydrogens (tertiary/aromatic N) is 1. The molecule has 0 aromatic heterocycles. The molecule has 10 heteroatoms. The predicted octanol–water partition coefficient (Wildman–Crippen LogP) is 2.49. The third kappa shape index (κ3) is 6.66. The molecule has 0 aliphatic carbocycles. The SMILES string of the molecule is N#Cc1cccc(NC(=O)COC(=O)CNC(=O)c2ccc(C(F)(F)F)cc2)c1. The number of carbonyl (C=O) groups excluding carboxylic acids is 3. The van der Waals surface area contributed by atoms with Crippen LogP contribution in [0.25, 0.3) is 0 Å². The quantitative estimate of drug-likeness (QED) is 0.718. The fraction of sp³-hybridized carbons (Fsp3) is 0.158. The van der Waals surface area contributed by atoms with Crippen LogP contribution in [0.2, 0.25) is 0 Å². The fourth-order valence-corrected chi connectivity index (χ4v) is 2.13. The van der Waals surface area contributed by atoms with Crippen molar-refractivity contribution >= 4 is 23.5 Å². The standard InChI is InChI=1S/C19H14F3N3O4/c20-19(21,22)14-6-4-13(5-7-14)18(28)24-10-17(27)29-11-16(26)25-15-3-1-2-12(8-15)9-23/h1-8H,10-11H2,(H,24,28)(H,25,26). The molecule has 0 heterocycles. The van der Waals surface area contributed by atoms with Crippen molar-refractivity contribution in [3.63, 3.8) is 0 Å². The Labute approximate surface area is 163 Å². The molecular formula is C19H14F3N3O4. The summed E-state index contributed by atoms with van der Waals surface area (Å²) in [5, 5.41) is 13.4. The number of amides is 2. The van der Waals surface area contributed by atoms with Gasteiger partial charge in [0, 0.05) is 11.3 Å². The van der Waals surface area contributed by atoms with Crippen LogP contribution in [0, 0.1) is 11.3 Å². The van der Waals surface area contributed by atoms with Crippen LogP contribution in [0.15, 0.2) is 48.5 Å². The van der Waals surface area contributed by atoms with E-state index in [0.717, 1.165) is 24.3 Å². The van der Waals surface area contributed by atoms with Crippen LogP contribution in [-0.4, -0.2) is 30.9 Å². The highest BCUT2D eigenvalue weighted by atomic mass is 19.4. The van der Waals surface area contributed by atoms with Gasteiger partial charge < -0.3 is 15.4 Å². The molecule has 2 amide bonds. The predicted molar refractivity (Wildman–Crippen MR) is 94.5 cm³/mol. The fourth-order valence-electron chi connectivity index (χ4n) is 2.13. The lowest BCUT2D eigenvalue weighted by Gasteiger charge is -2.09. The minimum absolute atomic E-state index is 0.0686. The molecule has 2 N–H and O–H groups in total. The van der Waals surface area contributed by atoms with Crippen molar-refractivity contribution in [3.05, 3.63) is 65.2 Å². The van der Waals surface area contributed by atoms with Gasteiger partial charge in [-0.05, 0) is 42.5 Å². The largest absolute Gasteiger partial charge is 0.454 e. The van der Waals surface area contributed by atoms with Crippen LogP contribution >= 0.6 is 0 Å². The molecule has 29 heavy (non-hydrogen) atoms. The molecule has 0 radical (unpaired) electrons. The lowest BCUT2D eigenvalue weighted by atomic mass is 10.1. The van der Waals surface area contributed by atoms with Crippen LogP contribution in [0.3, 0.4) is 0 Å². The summed E-state index contributed by atoms with van der Waals surface area (Å²) in [5.41, 5.74) is -0.285. The first-order valence-corrected chi connectivity index (χ1v) is 8.10. The maximum absolute atomic E-state index is 12.5. The molecule has 150 valence electrons. The van der Waals surface area contributed by atoms with E-state index in [1.165, 1.54) is 6.07 Å². The van der Waals surface area contributed by atoms with Gasteiger partial charge >= 0.3 is 12.1 Å². The Kier molecular flexibility index (Phi) is 6.92. The van der Waals surface area contributed by atoms with E-state index >= 15 is 0 Å². The first-order valence-electron chi connectivity index (χ1n) is 8.10. The second-order valence-electron chi connectivity index (χ2n) is 5.66. The first kappa shape index (κ1) is 21.4. The maximum atomic E-state index is 12.5. The number of carbonyl (C=O) groups is 3. The summed E-state index contributed by atoms with van der Waals surface area (Å²) >= 11 is 0. The molecule has 0 saturated heterocycles. The van der Waals surface area contributed by atoms with Gasteiger partial charge in [0.1, 0.15) is 6.54 Å². The molecule has 7 nitrogen and oxygen atoms in total. The number of nitrogens with one attached hydrogen (secondary N) is 2. The van der Waals surface area contributed by atoms with E-state index in [2.05, 4.69) is 10.6 Å². The normalized spacial score (nSPS) is 10.6. The van der Waals surface area contributed by atoms with Gasteiger partial charge in [0.05, 0.1) is 17.2 Å². The minimum atomic E-state index is -4.52. The van der Waals surface area contributed by atoms with E-state index in [9.17, 15) is 27.6 Å². The molecule has 0 spiro atoms. The number of rotatable bonds is 6. The molecule has 2 aromatic rings. The smallest absolute Gasteiger partial charge is 0.416 e. The van der Waals surface area contributed by atoms with Gasteiger partial charge in [0.2, 0.25) is 0 Å². The Morgan fingerprint density at radius 3 is 2.38 bits per heavy atom. The van der Waals surface area contributed by atoms with Crippen LogP contribution in [0.4, 0.5) is 18.9 Å². The number of hydrogen-bond donors (Lipinski definition) is 2. The van der Waals surface area contributed by atoms with Gasteiger partial charge in [-0.3, -0.25) is 14.4 Å². The van der Waals surface area contributed by atoms with Crippen LogP contribution < -0.4 is 10.6 Å². The average Bonchev–Trinajstić information content (AvgIpc) is 2.70. The second kappa shape index (κ2) is 9.36. The molecule has 0 bridgehead atoms. The number of halogens is 3. The Balaban J connectivity index is 1.77. The van der Waals surface area contributed by atoms with Crippen molar-refractivity contribution in [3.8, 4) is 6.07 Å². The van der Waals surface area contributed by atoms with Crippen molar-refractivity contribution in [2.24, 2.45) is 0 Å². The molecule has 2 aromatic carbocycles. The first-order chi connectivity index (χ1) is 13.7. The molecule has 0 fully saturated rings. The van der Waals surface area contributed by atoms with Crippen LogP contribution in [0.5, 0.6) is 0 Å². The van der Waals surface area contributed by atoms with E-state index in [1.54, 1.807) is 18.2 Å². The number of ether oxygens (including phenoxy) is 1. The van der Waals surface area contributed by atoms with Crippen molar-refractivity contribution in [1.29, 1.82) is 5.26 Å². The molecule has 0 aliphatic heterocycles. The van der Waals surface area contributed by atoms with Crippen molar-refractivity contribution in [1.82, 2.24) is 5.32 Å². The lowest BCUT2D eigenvalue weighted by Crippen LogP contribution is -2.32. The van der Waals surface area contributed by atoms with E-state index in [4.69, 9.17) is 10.00 Å². The molecular weight excluding hydrogens is 391 g/mol. The van der Waals surface area contributed by atoms with Gasteiger partial charge in [0.25, 0.3) is 11.8 Å². The number of benzene rings is 2.